The van der Waals surface area contributed by atoms with Crippen LogP contribution in [0.4, 0.5) is 0 Å². The minimum Gasteiger partial charge on any atom is -0.355 e. The summed E-state index contributed by atoms with van der Waals surface area (Å²) < 4.78 is 0. The Morgan fingerprint density at radius 2 is 1.58 bits per heavy atom. The molecule has 0 aliphatic carbocycles. The first-order valence-electron chi connectivity index (χ1n) is 7.93. The fourth-order valence-electron chi connectivity index (χ4n) is 2.14. The second kappa shape index (κ2) is 13.4. The van der Waals surface area contributed by atoms with Crippen molar-refractivity contribution in [2.45, 2.75) is 78.1 Å². The van der Waals surface area contributed by atoms with Crippen LogP contribution in [0.3, 0.4) is 0 Å². The summed E-state index contributed by atoms with van der Waals surface area (Å²) in [7, 11) is 0. The van der Waals surface area contributed by atoms with E-state index in [9.17, 15) is 4.79 Å². The Morgan fingerprint density at radius 1 is 1.00 bits per heavy atom. The Morgan fingerprint density at radius 3 is 2.11 bits per heavy atom. The molecule has 0 saturated carbocycles. The Hall–Kier alpha value is -1.04. The standard InChI is InChI=1S/C16H30N2O/c1-3-5-6-7-8-9-10-11-13-18-16(19)15(14-17)12-4-2/h15H,3-13H2,1-2H3,(H,18,19). The van der Waals surface area contributed by atoms with E-state index in [-0.39, 0.29) is 5.91 Å². The van der Waals surface area contributed by atoms with E-state index in [1.807, 2.05) is 6.92 Å². The summed E-state index contributed by atoms with van der Waals surface area (Å²) in [4.78, 5) is 11.6. The van der Waals surface area contributed by atoms with Crippen LogP contribution in [0.5, 0.6) is 0 Å². The van der Waals surface area contributed by atoms with Gasteiger partial charge in [-0.05, 0) is 12.8 Å². The highest BCUT2D eigenvalue weighted by molar-refractivity contribution is 5.80. The molecule has 0 aromatic rings. The quantitative estimate of drug-likeness (QED) is 0.539. The molecule has 0 aliphatic rings. The van der Waals surface area contributed by atoms with Crippen molar-refractivity contribution in [3.8, 4) is 6.07 Å². The molecule has 0 bridgehead atoms. The zero-order chi connectivity index (χ0) is 14.3. The van der Waals surface area contributed by atoms with E-state index >= 15 is 0 Å². The topological polar surface area (TPSA) is 52.9 Å². The zero-order valence-electron chi connectivity index (χ0n) is 12.7. The molecule has 19 heavy (non-hydrogen) atoms. The number of nitriles is 1. The summed E-state index contributed by atoms with van der Waals surface area (Å²) in [6.45, 7) is 4.95. The molecular weight excluding hydrogens is 236 g/mol. The number of amides is 1. The fraction of sp³-hybridized carbons (Fsp3) is 0.875. The predicted molar refractivity (Wildman–Crippen MR) is 79.6 cm³/mol. The number of rotatable bonds is 12. The second-order valence-corrected chi connectivity index (χ2v) is 5.24. The first-order chi connectivity index (χ1) is 9.26. The lowest BCUT2D eigenvalue weighted by Crippen LogP contribution is -2.30. The van der Waals surface area contributed by atoms with Crippen molar-refractivity contribution in [1.82, 2.24) is 5.32 Å². The molecule has 0 radical (unpaired) electrons. The number of carbonyl (C=O) groups excluding carboxylic acids is 1. The minimum atomic E-state index is -0.459. The Labute approximate surface area is 118 Å². The van der Waals surface area contributed by atoms with Gasteiger partial charge in [0.05, 0.1) is 6.07 Å². The molecule has 3 heteroatoms. The molecule has 0 rings (SSSR count). The minimum absolute atomic E-state index is 0.0905. The van der Waals surface area contributed by atoms with Gasteiger partial charge in [0.1, 0.15) is 5.92 Å². The number of nitrogens with one attached hydrogen (secondary N) is 1. The molecule has 1 atom stereocenters. The molecule has 0 spiro atoms. The molecule has 110 valence electrons. The zero-order valence-corrected chi connectivity index (χ0v) is 12.7. The lowest BCUT2D eigenvalue weighted by Gasteiger charge is -2.09. The lowest BCUT2D eigenvalue weighted by atomic mass is 10.0. The summed E-state index contributed by atoms with van der Waals surface area (Å²) in [5, 5.41) is 11.7. The third-order valence-corrected chi connectivity index (χ3v) is 3.38. The molecule has 1 amide bonds. The summed E-state index contributed by atoms with van der Waals surface area (Å²) in [5.41, 5.74) is 0. The van der Waals surface area contributed by atoms with Crippen LogP contribution in [-0.4, -0.2) is 12.5 Å². The van der Waals surface area contributed by atoms with Crippen LogP contribution in [0, 0.1) is 17.2 Å². The monoisotopic (exact) mass is 266 g/mol. The van der Waals surface area contributed by atoms with E-state index in [0.717, 1.165) is 19.4 Å². The highest BCUT2D eigenvalue weighted by Crippen LogP contribution is 2.08. The van der Waals surface area contributed by atoms with Gasteiger partial charge in [0.15, 0.2) is 0 Å². The van der Waals surface area contributed by atoms with Gasteiger partial charge < -0.3 is 5.32 Å². The van der Waals surface area contributed by atoms with Crippen molar-refractivity contribution in [2.24, 2.45) is 5.92 Å². The van der Waals surface area contributed by atoms with Gasteiger partial charge in [-0.3, -0.25) is 4.79 Å². The molecule has 3 nitrogen and oxygen atoms in total. The van der Waals surface area contributed by atoms with Crippen LogP contribution in [-0.2, 0) is 4.79 Å². The van der Waals surface area contributed by atoms with Gasteiger partial charge in [0.2, 0.25) is 5.91 Å². The maximum absolute atomic E-state index is 11.6. The molecule has 1 N–H and O–H groups in total. The summed E-state index contributed by atoms with van der Waals surface area (Å²) >= 11 is 0. The third-order valence-electron chi connectivity index (χ3n) is 3.38. The van der Waals surface area contributed by atoms with Crippen molar-refractivity contribution in [3.05, 3.63) is 0 Å². The number of nitrogens with zero attached hydrogens (tertiary/aromatic N) is 1. The average Bonchev–Trinajstić information content (AvgIpc) is 2.42. The van der Waals surface area contributed by atoms with Gasteiger partial charge in [-0.2, -0.15) is 5.26 Å². The van der Waals surface area contributed by atoms with Crippen molar-refractivity contribution < 1.29 is 4.79 Å². The molecule has 0 fully saturated rings. The fourth-order valence-corrected chi connectivity index (χ4v) is 2.14. The van der Waals surface area contributed by atoms with Crippen molar-refractivity contribution in [1.29, 1.82) is 5.26 Å². The molecular formula is C16H30N2O. The van der Waals surface area contributed by atoms with Crippen LogP contribution in [0.2, 0.25) is 0 Å². The van der Waals surface area contributed by atoms with Crippen LogP contribution >= 0.6 is 0 Å². The van der Waals surface area contributed by atoms with Gasteiger partial charge in [0, 0.05) is 6.54 Å². The van der Waals surface area contributed by atoms with Crippen LogP contribution in [0.15, 0.2) is 0 Å². The smallest absolute Gasteiger partial charge is 0.237 e. The van der Waals surface area contributed by atoms with Crippen LogP contribution < -0.4 is 5.32 Å². The lowest BCUT2D eigenvalue weighted by molar-refractivity contribution is -0.123. The predicted octanol–water partition coefficient (Wildman–Crippen LogP) is 4.18. The molecule has 0 aromatic heterocycles. The van der Waals surface area contributed by atoms with Gasteiger partial charge >= 0.3 is 0 Å². The maximum atomic E-state index is 11.6. The SMILES string of the molecule is CCCCCCCCCCNC(=O)C(C#N)CCC. The Balaban J connectivity index is 3.39. The van der Waals surface area contributed by atoms with Crippen molar-refractivity contribution in [2.75, 3.05) is 6.54 Å². The van der Waals surface area contributed by atoms with Gasteiger partial charge in [-0.25, -0.2) is 0 Å². The van der Waals surface area contributed by atoms with Gasteiger partial charge in [-0.1, -0.05) is 65.2 Å². The van der Waals surface area contributed by atoms with Crippen molar-refractivity contribution >= 4 is 5.91 Å². The second-order valence-electron chi connectivity index (χ2n) is 5.24. The Bertz CT molecular complexity index is 258. The van der Waals surface area contributed by atoms with E-state index in [1.165, 1.54) is 44.9 Å². The Kier molecular flexibility index (Phi) is 12.7. The summed E-state index contributed by atoms with van der Waals surface area (Å²) in [6, 6.07) is 2.07. The van der Waals surface area contributed by atoms with E-state index < -0.39 is 5.92 Å². The normalized spacial score (nSPS) is 11.8. The number of hydrogen-bond acceptors (Lipinski definition) is 2. The van der Waals surface area contributed by atoms with Crippen LogP contribution in [0.25, 0.3) is 0 Å². The highest BCUT2D eigenvalue weighted by atomic mass is 16.1. The summed E-state index contributed by atoms with van der Waals surface area (Å²) in [6.07, 6.45) is 11.7. The first-order valence-corrected chi connectivity index (χ1v) is 7.93. The maximum Gasteiger partial charge on any atom is 0.237 e. The van der Waals surface area contributed by atoms with E-state index in [1.54, 1.807) is 0 Å². The summed E-state index contributed by atoms with van der Waals surface area (Å²) in [5.74, 6) is -0.550. The van der Waals surface area contributed by atoms with E-state index in [4.69, 9.17) is 5.26 Å². The average molecular weight is 266 g/mol. The molecule has 0 aromatic carbocycles. The largest absolute Gasteiger partial charge is 0.355 e. The highest BCUT2D eigenvalue weighted by Gasteiger charge is 2.15. The van der Waals surface area contributed by atoms with Crippen LogP contribution in [0.1, 0.15) is 78.1 Å². The van der Waals surface area contributed by atoms with E-state index in [0.29, 0.717) is 6.42 Å². The number of carbonyl (C=O) groups is 1. The van der Waals surface area contributed by atoms with E-state index in [2.05, 4.69) is 18.3 Å². The number of hydrogen-bond donors (Lipinski definition) is 1. The molecule has 0 heterocycles. The molecule has 0 aliphatic heterocycles. The van der Waals surface area contributed by atoms with Gasteiger partial charge in [0.25, 0.3) is 0 Å². The molecule has 0 saturated heterocycles. The molecule has 1 unspecified atom stereocenters. The van der Waals surface area contributed by atoms with Crippen molar-refractivity contribution in [3.63, 3.8) is 0 Å². The third kappa shape index (κ3) is 10.6. The van der Waals surface area contributed by atoms with Gasteiger partial charge in [-0.15, -0.1) is 0 Å². The number of unbranched alkanes of at least 4 members (excludes halogenated alkanes) is 7. The first kappa shape index (κ1) is 18.0.